The molecule has 0 aliphatic carbocycles. The maximum atomic E-state index is 3.60. The van der Waals surface area contributed by atoms with E-state index in [-0.39, 0.29) is 53.8 Å². The van der Waals surface area contributed by atoms with E-state index in [0.29, 0.717) is 0 Å². The van der Waals surface area contributed by atoms with Gasteiger partial charge in [-0.3, -0.25) is 0 Å². The fourth-order valence-corrected chi connectivity index (χ4v) is 0.246. The summed E-state index contributed by atoms with van der Waals surface area (Å²) in [6.45, 7) is 0. The summed E-state index contributed by atoms with van der Waals surface area (Å²) in [6.07, 6.45) is 4.18. The Labute approximate surface area is 88.4 Å². The first kappa shape index (κ1) is 11.7. The fraction of sp³-hybridized carbons (Fsp3) is 0. The fourth-order valence-electron chi connectivity index (χ4n) is 0.246. The van der Waals surface area contributed by atoms with Gasteiger partial charge in [0.1, 0.15) is 0 Å². The van der Waals surface area contributed by atoms with E-state index < -0.39 is 0 Å². The second-order valence-corrected chi connectivity index (χ2v) is 0.887. The zero-order valence-corrected chi connectivity index (χ0v) is 9.94. The van der Waals surface area contributed by atoms with Crippen molar-refractivity contribution < 1.29 is 53.8 Å². The molecule has 0 saturated heterocycles. The molecule has 1 aromatic heterocycles. The molecule has 39 valence electrons. The number of aromatic nitrogens is 1. The Morgan fingerprint density at radius 1 is 1.25 bits per heavy atom. The van der Waals surface area contributed by atoms with Crippen LogP contribution in [0.2, 0.25) is 0 Å². The molecule has 0 bridgehead atoms. The number of hydrogen-bond acceptors (Lipinski definition) is 1. The first-order valence-corrected chi connectivity index (χ1v) is 1.68. The van der Waals surface area contributed by atoms with Gasteiger partial charge in [-0.25, -0.2) is 0 Å². The Hall–Kier alpha value is 0.942. The maximum Gasteiger partial charge on any atom is 0 e. The van der Waals surface area contributed by atoms with Gasteiger partial charge in [0.15, 0.2) is 0 Å². The third kappa shape index (κ3) is 5.09. The van der Waals surface area contributed by atoms with E-state index in [1.54, 1.807) is 18.3 Å². The summed E-state index contributed by atoms with van der Waals surface area (Å²) >= 11 is 0. The predicted molar refractivity (Wildman–Crippen MR) is 21.9 cm³/mol. The number of pyridine rings is 1. The molecule has 1 heterocycles. The molecule has 0 aliphatic heterocycles. The minimum absolute atomic E-state index is 0. The zero-order valence-electron chi connectivity index (χ0n) is 4.16. The van der Waals surface area contributed by atoms with Crippen molar-refractivity contribution in [2.75, 3.05) is 0 Å². The third-order valence-corrected chi connectivity index (χ3v) is 0.468. The van der Waals surface area contributed by atoms with Crippen LogP contribution in [0.15, 0.2) is 18.3 Å². The summed E-state index contributed by atoms with van der Waals surface area (Å²) in [4.78, 5) is 3.60. The van der Waals surface area contributed by atoms with Gasteiger partial charge in [0.2, 0.25) is 0 Å². The molecule has 0 fully saturated rings. The van der Waals surface area contributed by atoms with Gasteiger partial charge >= 0.3 is 0 Å². The SMILES string of the molecule is [W].[Y].[c-]1cc[c-]nc1. The van der Waals surface area contributed by atoms with Crippen molar-refractivity contribution in [3.8, 4) is 0 Å². The van der Waals surface area contributed by atoms with Crippen LogP contribution in [0.4, 0.5) is 0 Å². The quantitative estimate of drug-likeness (QED) is 0.628. The Morgan fingerprint density at radius 3 is 2.12 bits per heavy atom. The van der Waals surface area contributed by atoms with Crippen molar-refractivity contribution in [3.63, 3.8) is 0 Å². The van der Waals surface area contributed by atoms with Gasteiger partial charge in [0.25, 0.3) is 0 Å². The monoisotopic (exact) mass is 350 g/mol. The number of rotatable bonds is 0. The van der Waals surface area contributed by atoms with Crippen molar-refractivity contribution in [2.45, 2.75) is 0 Å². The van der Waals surface area contributed by atoms with Crippen LogP contribution in [0.3, 0.4) is 0 Å². The topological polar surface area (TPSA) is 12.9 Å². The van der Waals surface area contributed by atoms with Gasteiger partial charge in [0.05, 0.1) is 0 Å². The molecule has 3 heteroatoms. The molecule has 1 rings (SSSR count). The summed E-state index contributed by atoms with van der Waals surface area (Å²) in [5.41, 5.74) is 0. The molecule has 1 aromatic rings. The summed E-state index contributed by atoms with van der Waals surface area (Å²) in [5.74, 6) is 0. The van der Waals surface area contributed by atoms with Crippen LogP contribution in [0.5, 0.6) is 0 Å². The Bertz CT molecular complexity index is 84.4. The van der Waals surface area contributed by atoms with E-state index in [1.165, 1.54) is 0 Å². The van der Waals surface area contributed by atoms with Crippen LogP contribution >= 0.6 is 0 Å². The summed E-state index contributed by atoms with van der Waals surface area (Å²) in [5, 5.41) is 0. The first-order valence-electron chi connectivity index (χ1n) is 1.68. The van der Waals surface area contributed by atoms with Crippen LogP contribution in [-0.4, -0.2) is 4.98 Å². The summed E-state index contributed by atoms with van der Waals surface area (Å²) in [7, 11) is 0. The Kier molecular flexibility index (Phi) is 11.6. The average Bonchev–Trinajstić information content (AvgIpc) is 1.72. The van der Waals surface area contributed by atoms with Gasteiger partial charge < -0.3 is 23.2 Å². The molecule has 0 unspecified atom stereocenters. The first-order chi connectivity index (χ1) is 3.00. The maximum absolute atomic E-state index is 3.60. The van der Waals surface area contributed by atoms with Gasteiger partial charge in [0, 0.05) is 53.8 Å². The van der Waals surface area contributed by atoms with E-state index >= 15 is 0 Å². The van der Waals surface area contributed by atoms with Crippen LogP contribution < -0.4 is 0 Å². The minimum Gasteiger partial charge on any atom is -0.434 e. The van der Waals surface area contributed by atoms with Crippen molar-refractivity contribution >= 4 is 0 Å². The van der Waals surface area contributed by atoms with E-state index in [2.05, 4.69) is 17.2 Å². The van der Waals surface area contributed by atoms with Crippen LogP contribution in [0.1, 0.15) is 0 Å². The van der Waals surface area contributed by atoms with E-state index in [4.69, 9.17) is 0 Å². The molecule has 0 amide bonds. The van der Waals surface area contributed by atoms with Crippen molar-refractivity contribution in [1.29, 1.82) is 0 Å². The predicted octanol–water partition coefficient (Wildman–Crippen LogP) is 0.677. The third-order valence-electron chi connectivity index (χ3n) is 0.468. The van der Waals surface area contributed by atoms with E-state index in [1.807, 2.05) is 0 Å². The molecular weight excluding hydrogens is 347 g/mol. The largest absolute Gasteiger partial charge is 0.434 e. The Balaban J connectivity index is 0. The second kappa shape index (κ2) is 7.94. The number of hydrogen-bond donors (Lipinski definition) is 0. The number of nitrogens with zero attached hydrogens (tertiary/aromatic N) is 1. The smallest absolute Gasteiger partial charge is 0 e. The normalized spacial score (nSPS) is 6.00. The molecular formula is C5H3NWY-2. The van der Waals surface area contributed by atoms with Crippen molar-refractivity contribution in [2.24, 2.45) is 0 Å². The molecule has 8 heavy (non-hydrogen) atoms. The van der Waals surface area contributed by atoms with Crippen LogP contribution in [-0.2, 0) is 53.8 Å². The molecule has 1 nitrogen and oxygen atoms in total. The van der Waals surface area contributed by atoms with E-state index in [9.17, 15) is 0 Å². The molecule has 0 N–H and O–H groups in total. The minimum atomic E-state index is 0. The van der Waals surface area contributed by atoms with Gasteiger partial charge in [-0.2, -0.15) is 12.4 Å². The molecule has 0 spiro atoms. The summed E-state index contributed by atoms with van der Waals surface area (Å²) in [6, 6.07) is 6.22. The summed E-state index contributed by atoms with van der Waals surface area (Å²) < 4.78 is 0. The molecule has 0 aromatic carbocycles. The Morgan fingerprint density at radius 2 is 2.00 bits per heavy atom. The standard InChI is InChI=1S/C5H3N.W.Y/c1-2-4-6-5-3-1;;/h1-2,5H;;/q-2;;. The van der Waals surface area contributed by atoms with Gasteiger partial charge in [-0.1, -0.05) is 0 Å². The van der Waals surface area contributed by atoms with E-state index in [0.717, 1.165) is 0 Å². The van der Waals surface area contributed by atoms with Crippen LogP contribution in [0.25, 0.3) is 0 Å². The van der Waals surface area contributed by atoms with Crippen molar-refractivity contribution in [3.05, 3.63) is 30.6 Å². The molecule has 0 saturated carbocycles. The molecule has 0 atom stereocenters. The molecule has 0 aliphatic rings. The second-order valence-electron chi connectivity index (χ2n) is 0.887. The molecule has 1 radical (unpaired) electrons. The van der Waals surface area contributed by atoms with Crippen LogP contribution in [0, 0.1) is 12.3 Å². The zero-order chi connectivity index (χ0) is 4.24. The average molecular weight is 350 g/mol. The van der Waals surface area contributed by atoms with Gasteiger partial charge in [-0.05, 0) is 0 Å². The van der Waals surface area contributed by atoms with Gasteiger partial charge in [-0.15, -0.1) is 0 Å². The van der Waals surface area contributed by atoms with Crippen molar-refractivity contribution in [1.82, 2.24) is 4.98 Å².